The first-order valence-corrected chi connectivity index (χ1v) is 10.6. The first-order valence-electron chi connectivity index (χ1n) is 7.93. The van der Waals surface area contributed by atoms with E-state index in [2.05, 4.69) is 10.3 Å². The lowest BCUT2D eigenvalue weighted by Gasteiger charge is -2.12. The fourth-order valence-corrected chi connectivity index (χ4v) is 6.05. The summed E-state index contributed by atoms with van der Waals surface area (Å²) in [7, 11) is 0. The van der Waals surface area contributed by atoms with E-state index in [9.17, 15) is 14.9 Å². The van der Waals surface area contributed by atoms with E-state index in [-0.39, 0.29) is 11.1 Å². The number of hydrogen-bond acceptors (Lipinski definition) is 8. The van der Waals surface area contributed by atoms with Crippen molar-refractivity contribution < 1.29 is 14.8 Å². The zero-order valence-electron chi connectivity index (χ0n) is 13.7. The lowest BCUT2D eigenvalue weighted by molar-refractivity contribution is -0.387. The van der Waals surface area contributed by atoms with Gasteiger partial charge in [0.25, 0.3) is 5.69 Å². The van der Waals surface area contributed by atoms with Crippen LogP contribution in [0.25, 0.3) is 10.2 Å². The highest BCUT2D eigenvalue weighted by atomic mass is 32.2. The number of rotatable bonds is 5. The first kappa shape index (κ1) is 18.2. The predicted octanol–water partition coefficient (Wildman–Crippen LogP) is 4.14. The largest absolute Gasteiger partial charge is 0.480 e. The molecule has 0 unspecified atom stereocenters. The van der Waals surface area contributed by atoms with Crippen LogP contribution in [0.3, 0.4) is 0 Å². The van der Waals surface area contributed by atoms with Crippen molar-refractivity contribution in [3.8, 4) is 0 Å². The van der Waals surface area contributed by atoms with Gasteiger partial charge in [-0.1, -0.05) is 30.0 Å². The molecule has 138 valence electrons. The Morgan fingerprint density at radius 3 is 2.85 bits per heavy atom. The molecule has 1 aliphatic heterocycles. The van der Waals surface area contributed by atoms with Crippen molar-refractivity contribution >= 4 is 56.7 Å². The molecule has 1 fully saturated rings. The molecular weight excluding hydrogens is 406 g/mol. The Labute approximate surface area is 166 Å². The van der Waals surface area contributed by atoms with Crippen molar-refractivity contribution in [2.24, 2.45) is 0 Å². The summed E-state index contributed by atoms with van der Waals surface area (Å²) in [5, 5.41) is 23.4. The Hall–Kier alpha value is -2.14. The van der Waals surface area contributed by atoms with Gasteiger partial charge < -0.3 is 5.11 Å². The predicted molar refractivity (Wildman–Crippen MR) is 107 cm³/mol. The van der Waals surface area contributed by atoms with Gasteiger partial charge in [0.1, 0.15) is 6.04 Å². The van der Waals surface area contributed by atoms with Gasteiger partial charge in [-0.05, 0) is 23.8 Å². The SMILES string of the molecule is O=C(O)[C@@H]1CS[C@H](c2ccc(Sc3nc4ccccc4s3)c([N+](=O)[O-])c2)N1. The zero-order chi connectivity index (χ0) is 19.0. The molecule has 0 radical (unpaired) electrons. The van der Waals surface area contributed by atoms with E-state index < -0.39 is 16.9 Å². The van der Waals surface area contributed by atoms with Crippen LogP contribution < -0.4 is 5.32 Å². The van der Waals surface area contributed by atoms with E-state index in [1.54, 1.807) is 12.1 Å². The molecule has 1 aliphatic rings. The Kier molecular flexibility index (Phi) is 5.04. The topological polar surface area (TPSA) is 105 Å². The van der Waals surface area contributed by atoms with Gasteiger partial charge in [-0.25, -0.2) is 4.98 Å². The molecule has 0 aliphatic carbocycles. The van der Waals surface area contributed by atoms with Crippen molar-refractivity contribution in [3.63, 3.8) is 0 Å². The van der Waals surface area contributed by atoms with Crippen LogP contribution in [0.1, 0.15) is 10.9 Å². The molecular formula is C17H13N3O4S3. The molecule has 27 heavy (non-hydrogen) atoms. The second-order valence-corrected chi connectivity index (χ2v) is 9.26. The molecule has 0 bridgehead atoms. The Balaban J connectivity index is 1.61. The molecule has 4 rings (SSSR count). The number of benzene rings is 2. The van der Waals surface area contributed by atoms with E-state index in [1.807, 2.05) is 24.3 Å². The average Bonchev–Trinajstić information content (AvgIpc) is 3.28. The summed E-state index contributed by atoms with van der Waals surface area (Å²) in [5.74, 6) is -0.488. The third-order valence-corrected chi connectivity index (χ3v) is 7.46. The molecule has 1 aromatic heterocycles. The van der Waals surface area contributed by atoms with Gasteiger partial charge >= 0.3 is 5.97 Å². The second-order valence-electron chi connectivity index (χ2n) is 5.80. The highest BCUT2D eigenvalue weighted by molar-refractivity contribution is 8.01. The summed E-state index contributed by atoms with van der Waals surface area (Å²) in [6, 6.07) is 12.1. The van der Waals surface area contributed by atoms with E-state index in [0.29, 0.717) is 16.2 Å². The molecule has 0 amide bonds. The van der Waals surface area contributed by atoms with Crippen LogP contribution in [0.2, 0.25) is 0 Å². The number of nitro groups is 1. The van der Waals surface area contributed by atoms with E-state index in [1.165, 1.54) is 40.9 Å². The minimum Gasteiger partial charge on any atom is -0.480 e. The first-order chi connectivity index (χ1) is 13.0. The van der Waals surface area contributed by atoms with Gasteiger partial charge in [-0.3, -0.25) is 20.2 Å². The molecule has 2 N–H and O–H groups in total. The minimum absolute atomic E-state index is 0.00192. The van der Waals surface area contributed by atoms with Crippen LogP contribution in [0.15, 0.2) is 51.7 Å². The molecule has 10 heteroatoms. The van der Waals surface area contributed by atoms with Gasteiger partial charge in [0.2, 0.25) is 0 Å². The normalized spacial score (nSPS) is 19.4. The minimum atomic E-state index is -0.914. The maximum atomic E-state index is 11.6. The number of fused-ring (bicyclic) bond motifs is 1. The van der Waals surface area contributed by atoms with E-state index in [4.69, 9.17) is 5.11 Å². The molecule has 2 aromatic carbocycles. The summed E-state index contributed by atoms with van der Waals surface area (Å²) < 4.78 is 1.77. The number of nitrogens with one attached hydrogen (secondary N) is 1. The van der Waals surface area contributed by atoms with Crippen molar-refractivity contribution in [1.29, 1.82) is 0 Å². The monoisotopic (exact) mass is 419 g/mol. The van der Waals surface area contributed by atoms with E-state index in [0.717, 1.165) is 14.6 Å². The highest BCUT2D eigenvalue weighted by Crippen LogP contribution is 2.41. The fourth-order valence-electron chi connectivity index (χ4n) is 2.72. The molecule has 2 heterocycles. The third-order valence-electron chi connectivity index (χ3n) is 4.03. The van der Waals surface area contributed by atoms with Gasteiger partial charge in [0, 0.05) is 11.8 Å². The van der Waals surface area contributed by atoms with Crippen molar-refractivity contribution in [1.82, 2.24) is 10.3 Å². The lowest BCUT2D eigenvalue weighted by Crippen LogP contribution is -2.33. The summed E-state index contributed by atoms with van der Waals surface area (Å²) in [4.78, 5) is 27.3. The number of nitro benzene ring substituents is 1. The van der Waals surface area contributed by atoms with Crippen molar-refractivity contribution in [2.75, 3.05) is 5.75 Å². The van der Waals surface area contributed by atoms with E-state index >= 15 is 0 Å². The molecule has 1 saturated heterocycles. The summed E-state index contributed by atoms with van der Waals surface area (Å²) in [6.07, 6.45) is 0. The number of hydrogen-bond donors (Lipinski definition) is 2. The van der Waals surface area contributed by atoms with Gasteiger partial charge in [0.05, 0.1) is 25.4 Å². The van der Waals surface area contributed by atoms with Crippen LogP contribution >= 0.6 is 34.9 Å². The summed E-state index contributed by atoms with van der Waals surface area (Å²) in [6.45, 7) is 0. The van der Waals surface area contributed by atoms with Crippen LogP contribution in [-0.2, 0) is 4.79 Å². The lowest BCUT2D eigenvalue weighted by atomic mass is 10.2. The number of thiazole rings is 1. The Bertz CT molecular complexity index is 1010. The molecule has 7 nitrogen and oxygen atoms in total. The molecule has 0 saturated carbocycles. The standard InChI is InChI=1S/C17H13N3O4S3/c21-16(22)11-8-25-15(18-11)9-5-6-14(12(7-9)20(23)24)27-17-19-10-3-1-2-4-13(10)26-17/h1-7,11,15,18H,8H2,(H,21,22)/t11-,15+/m0/s1. The number of nitrogens with zero attached hydrogens (tertiary/aromatic N) is 2. The number of aliphatic carboxylic acids is 1. The zero-order valence-corrected chi connectivity index (χ0v) is 16.1. The Morgan fingerprint density at radius 2 is 2.15 bits per heavy atom. The number of thioether (sulfide) groups is 1. The number of aromatic nitrogens is 1. The van der Waals surface area contributed by atoms with Crippen molar-refractivity contribution in [2.45, 2.75) is 20.7 Å². The molecule has 3 aromatic rings. The van der Waals surface area contributed by atoms with Crippen LogP contribution in [0.4, 0.5) is 5.69 Å². The van der Waals surface area contributed by atoms with Crippen LogP contribution in [0, 0.1) is 10.1 Å². The number of carboxylic acids is 1. The molecule has 0 spiro atoms. The van der Waals surface area contributed by atoms with Crippen molar-refractivity contribution in [3.05, 3.63) is 58.1 Å². The average molecular weight is 420 g/mol. The number of para-hydroxylation sites is 1. The maximum Gasteiger partial charge on any atom is 0.321 e. The Morgan fingerprint density at radius 1 is 1.33 bits per heavy atom. The highest BCUT2D eigenvalue weighted by Gasteiger charge is 2.31. The summed E-state index contributed by atoms with van der Waals surface area (Å²) >= 11 is 4.20. The van der Waals surface area contributed by atoms with Crippen LogP contribution in [0.5, 0.6) is 0 Å². The second kappa shape index (κ2) is 7.47. The molecule has 2 atom stereocenters. The van der Waals surface area contributed by atoms with Crippen LogP contribution in [-0.4, -0.2) is 32.8 Å². The summed E-state index contributed by atoms with van der Waals surface area (Å²) in [5.41, 5.74) is 1.57. The maximum absolute atomic E-state index is 11.6. The smallest absolute Gasteiger partial charge is 0.321 e. The quantitative estimate of drug-likeness (QED) is 0.469. The fraction of sp³-hybridized carbons (Fsp3) is 0.176. The number of carboxylic acid groups (broad SMARTS) is 1. The number of carbonyl (C=O) groups is 1. The van der Waals surface area contributed by atoms with Gasteiger partial charge in [-0.2, -0.15) is 0 Å². The third kappa shape index (κ3) is 3.79. The van der Waals surface area contributed by atoms with Gasteiger partial charge in [0.15, 0.2) is 4.34 Å². The van der Waals surface area contributed by atoms with Gasteiger partial charge in [-0.15, -0.1) is 23.1 Å².